The van der Waals surface area contributed by atoms with Gasteiger partial charge < -0.3 is 10.1 Å². The van der Waals surface area contributed by atoms with Crippen LogP contribution < -0.4 is 5.32 Å². The molecule has 1 amide bonds. The Balaban J connectivity index is 1.86. The Morgan fingerprint density at radius 3 is 2.50 bits per heavy atom. The van der Waals surface area contributed by atoms with Crippen molar-refractivity contribution in [2.24, 2.45) is 0 Å². The molecule has 0 aliphatic heterocycles. The van der Waals surface area contributed by atoms with Crippen molar-refractivity contribution < 1.29 is 19.2 Å². The molecule has 3 aromatic rings. The topological polar surface area (TPSA) is 111 Å². The summed E-state index contributed by atoms with van der Waals surface area (Å²) in [6.07, 6.45) is 1.54. The van der Waals surface area contributed by atoms with Crippen LogP contribution in [0.4, 0.5) is 11.4 Å². The van der Waals surface area contributed by atoms with Gasteiger partial charge in [0.2, 0.25) is 6.10 Å². The summed E-state index contributed by atoms with van der Waals surface area (Å²) in [6.45, 7) is 0. The Labute approximate surface area is 184 Å². The van der Waals surface area contributed by atoms with Crippen LogP contribution in [0, 0.1) is 10.1 Å². The van der Waals surface area contributed by atoms with Crippen LogP contribution in [0.1, 0.15) is 22.0 Å². The van der Waals surface area contributed by atoms with Crippen LogP contribution in [0.5, 0.6) is 0 Å². The molecule has 152 valence electrons. The summed E-state index contributed by atoms with van der Waals surface area (Å²) in [4.78, 5) is 39.6. The number of ether oxygens (including phenoxy) is 1. The van der Waals surface area contributed by atoms with E-state index >= 15 is 0 Å². The van der Waals surface area contributed by atoms with Gasteiger partial charge in [-0.2, -0.15) is 0 Å². The number of nitrogens with one attached hydrogen (secondary N) is 1. The number of halogens is 2. The van der Waals surface area contributed by atoms with Crippen LogP contribution in [-0.2, 0) is 9.53 Å². The number of nitro groups is 1. The quantitative estimate of drug-likeness (QED) is 0.297. The first-order chi connectivity index (χ1) is 14.3. The van der Waals surface area contributed by atoms with Gasteiger partial charge in [0.05, 0.1) is 21.2 Å². The van der Waals surface area contributed by atoms with E-state index in [9.17, 15) is 19.7 Å². The van der Waals surface area contributed by atoms with Crippen LogP contribution in [-0.4, -0.2) is 21.8 Å². The Kier molecular flexibility index (Phi) is 6.76. The number of rotatable bonds is 6. The Morgan fingerprint density at radius 2 is 1.87 bits per heavy atom. The standard InChI is InChI=1S/C20H13BrClN3O5/c21-14-8-13(10-23-11-14)20(27)30-18(12-4-2-1-3-5-12)19(26)24-17-7-6-15(25(28)29)9-16(17)22/h1-11,18H,(H,24,26). The third kappa shape index (κ3) is 5.19. The van der Waals surface area contributed by atoms with Crippen molar-refractivity contribution in [3.8, 4) is 0 Å². The van der Waals surface area contributed by atoms with E-state index in [2.05, 4.69) is 26.2 Å². The van der Waals surface area contributed by atoms with Crippen LogP contribution in [0.25, 0.3) is 0 Å². The van der Waals surface area contributed by atoms with Crippen LogP contribution in [0.15, 0.2) is 71.5 Å². The molecule has 10 heteroatoms. The third-order valence-electron chi connectivity index (χ3n) is 3.93. The van der Waals surface area contributed by atoms with Gasteiger partial charge in [0.1, 0.15) is 0 Å². The molecule has 2 aromatic carbocycles. The maximum atomic E-state index is 12.9. The van der Waals surface area contributed by atoms with Gasteiger partial charge in [0.15, 0.2) is 0 Å². The summed E-state index contributed by atoms with van der Waals surface area (Å²) in [5.74, 6) is -1.42. The summed E-state index contributed by atoms with van der Waals surface area (Å²) in [5, 5.41) is 13.4. The number of non-ortho nitro benzene ring substituents is 1. The molecule has 30 heavy (non-hydrogen) atoms. The molecule has 1 heterocycles. The normalized spacial score (nSPS) is 11.4. The molecular formula is C20H13BrClN3O5. The molecule has 0 bridgehead atoms. The van der Waals surface area contributed by atoms with E-state index in [0.717, 1.165) is 6.07 Å². The number of benzene rings is 2. The summed E-state index contributed by atoms with van der Waals surface area (Å²) in [7, 11) is 0. The van der Waals surface area contributed by atoms with E-state index < -0.39 is 22.9 Å². The van der Waals surface area contributed by atoms with Crippen molar-refractivity contribution in [1.82, 2.24) is 4.98 Å². The molecule has 0 aliphatic rings. The van der Waals surface area contributed by atoms with E-state index in [4.69, 9.17) is 16.3 Å². The molecule has 3 rings (SSSR count). The number of amides is 1. The number of pyridine rings is 1. The Hall–Kier alpha value is -3.30. The first kappa shape index (κ1) is 21.4. The largest absolute Gasteiger partial charge is 0.444 e. The number of nitro benzene ring substituents is 1. The lowest BCUT2D eigenvalue weighted by atomic mass is 10.1. The number of anilines is 1. The van der Waals surface area contributed by atoms with Gasteiger partial charge in [0.25, 0.3) is 11.6 Å². The van der Waals surface area contributed by atoms with Crippen LogP contribution >= 0.6 is 27.5 Å². The highest BCUT2D eigenvalue weighted by molar-refractivity contribution is 9.10. The van der Waals surface area contributed by atoms with Gasteiger partial charge in [-0.25, -0.2) is 4.79 Å². The molecule has 0 aliphatic carbocycles. The SMILES string of the molecule is O=C(OC(C(=O)Nc1ccc([N+](=O)[O-])cc1Cl)c1ccccc1)c1cncc(Br)c1. The smallest absolute Gasteiger partial charge is 0.340 e. The summed E-state index contributed by atoms with van der Waals surface area (Å²) < 4.78 is 6.03. The first-order valence-corrected chi connectivity index (χ1v) is 9.63. The molecule has 0 radical (unpaired) electrons. The highest BCUT2D eigenvalue weighted by Crippen LogP contribution is 2.29. The minimum Gasteiger partial charge on any atom is -0.444 e. The second-order valence-electron chi connectivity index (χ2n) is 6.00. The molecular weight excluding hydrogens is 478 g/mol. The zero-order valence-corrected chi connectivity index (χ0v) is 17.5. The highest BCUT2D eigenvalue weighted by Gasteiger charge is 2.27. The van der Waals surface area contributed by atoms with E-state index in [-0.39, 0.29) is 22.0 Å². The molecule has 1 unspecified atom stereocenters. The number of hydrogen-bond donors (Lipinski definition) is 1. The highest BCUT2D eigenvalue weighted by atomic mass is 79.9. The summed E-state index contributed by atoms with van der Waals surface area (Å²) in [5.41, 5.74) is 0.523. The van der Waals surface area contributed by atoms with Gasteiger partial charge in [-0.3, -0.25) is 19.9 Å². The van der Waals surface area contributed by atoms with E-state index in [1.165, 1.54) is 30.6 Å². The monoisotopic (exact) mass is 489 g/mol. The number of hydrogen-bond acceptors (Lipinski definition) is 6. The summed E-state index contributed by atoms with van der Waals surface area (Å²) in [6, 6.07) is 13.6. The minimum atomic E-state index is -1.29. The van der Waals surface area contributed by atoms with E-state index in [1.54, 1.807) is 30.3 Å². The number of nitrogens with zero attached hydrogens (tertiary/aromatic N) is 2. The molecule has 0 spiro atoms. The first-order valence-electron chi connectivity index (χ1n) is 8.46. The van der Waals surface area contributed by atoms with Gasteiger partial charge in [0, 0.05) is 34.6 Å². The van der Waals surface area contributed by atoms with Crippen molar-refractivity contribution in [2.75, 3.05) is 5.32 Å². The minimum absolute atomic E-state index is 0.0214. The Bertz CT molecular complexity index is 1110. The number of esters is 1. The average Bonchev–Trinajstić information content (AvgIpc) is 2.73. The molecule has 0 saturated carbocycles. The molecule has 8 nitrogen and oxygen atoms in total. The average molecular weight is 491 g/mol. The molecule has 1 aromatic heterocycles. The van der Waals surface area contributed by atoms with Gasteiger partial charge >= 0.3 is 5.97 Å². The Morgan fingerprint density at radius 1 is 1.13 bits per heavy atom. The lowest BCUT2D eigenvalue weighted by molar-refractivity contribution is -0.384. The van der Waals surface area contributed by atoms with Crippen LogP contribution in [0.3, 0.4) is 0 Å². The zero-order valence-electron chi connectivity index (χ0n) is 15.1. The van der Waals surface area contributed by atoms with Crippen molar-refractivity contribution in [3.05, 3.63) is 97.7 Å². The zero-order chi connectivity index (χ0) is 21.7. The van der Waals surface area contributed by atoms with Crippen molar-refractivity contribution in [2.45, 2.75) is 6.10 Å². The number of carbonyl (C=O) groups is 2. The predicted octanol–water partition coefficient (Wildman–Crippen LogP) is 4.94. The molecule has 0 saturated heterocycles. The lowest BCUT2D eigenvalue weighted by Gasteiger charge is -2.18. The van der Waals surface area contributed by atoms with E-state index in [1.807, 2.05) is 0 Å². The fourth-order valence-corrected chi connectivity index (χ4v) is 3.10. The molecule has 0 fully saturated rings. The second-order valence-corrected chi connectivity index (χ2v) is 7.32. The lowest BCUT2D eigenvalue weighted by Crippen LogP contribution is -2.26. The van der Waals surface area contributed by atoms with Gasteiger partial charge in [-0.15, -0.1) is 0 Å². The second kappa shape index (κ2) is 9.47. The van der Waals surface area contributed by atoms with E-state index in [0.29, 0.717) is 10.0 Å². The van der Waals surface area contributed by atoms with Crippen molar-refractivity contribution in [1.29, 1.82) is 0 Å². The number of carbonyl (C=O) groups excluding carboxylic acids is 2. The fraction of sp³-hybridized carbons (Fsp3) is 0.0500. The fourth-order valence-electron chi connectivity index (χ4n) is 2.52. The molecule has 1 atom stereocenters. The predicted molar refractivity (Wildman–Crippen MR) is 113 cm³/mol. The molecule has 1 N–H and O–H groups in total. The van der Waals surface area contributed by atoms with Crippen LogP contribution in [0.2, 0.25) is 5.02 Å². The maximum Gasteiger partial charge on any atom is 0.340 e. The van der Waals surface area contributed by atoms with Gasteiger partial charge in [-0.1, -0.05) is 41.9 Å². The van der Waals surface area contributed by atoms with Crippen molar-refractivity contribution in [3.63, 3.8) is 0 Å². The summed E-state index contributed by atoms with van der Waals surface area (Å²) >= 11 is 9.27. The number of aromatic nitrogens is 1. The maximum absolute atomic E-state index is 12.9. The van der Waals surface area contributed by atoms with Crippen molar-refractivity contribution >= 4 is 50.8 Å². The third-order valence-corrected chi connectivity index (χ3v) is 4.67. The van der Waals surface area contributed by atoms with Gasteiger partial charge in [-0.05, 0) is 28.1 Å².